The van der Waals surface area contributed by atoms with Gasteiger partial charge in [-0.3, -0.25) is 0 Å². The Kier molecular flexibility index (Phi) is 4.23. The molecular weight excluding hydrogens is 267 g/mol. The van der Waals surface area contributed by atoms with Crippen molar-refractivity contribution in [1.82, 2.24) is 9.62 Å². The molecule has 106 valence electrons. The molecule has 0 unspecified atom stereocenters. The van der Waals surface area contributed by atoms with E-state index in [0.717, 1.165) is 0 Å². The van der Waals surface area contributed by atoms with E-state index in [2.05, 4.69) is 5.32 Å². The van der Waals surface area contributed by atoms with E-state index in [-0.39, 0.29) is 23.7 Å². The summed E-state index contributed by atoms with van der Waals surface area (Å²) in [6.07, 6.45) is 0. The summed E-state index contributed by atoms with van der Waals surface area (Å²) in [7, 11) is -3.34. The summed E-state index contributed by atoms with van der Waals surface area (Å²) < 4.78 is 39.0. The molecule has 1 N–H and O–H groups in total. The molecule has 0 saturated carbocycles. The van der Waals surface area contributed by atoms with Crippen LogP contribution in [0.4, 0.5) is 4.39 Å². The molecule has 19 heavy (non-hydrogen) atoms. The molecule has 0 spiro atoms. The van der Waals surface area contributed by atoms with E-state index in [4.69, 9.17) is 0 Å². The topological polar surface area (TPSA) is 49.4 Å². The fourth-order valence-electron chi connectivity index (χ4n) is 2.39. The highest BCUT2D eigenvalue weighted by Crippen LogP contribution is 2.15. The molecule has 0 aliphatic carbocycles. The van der Waals surface area contributed by atoms with Crippen molar-refractivity contribution in [2.24, 2.45) is 0 Å². The second-order valence-electron chi connectivity index (χ2n) is 5.17. The molecule has 0 amide bonds. The third kappa shape index (κ3) is 3.75. The minimum Gasteiger partial charge on any atom is -0.309 e. The molecule has 4 nitrogen and oxygen atoms in total. The number of hydrogen-bond acceptors (Lipinski definition) is 3. The molecule has 1 saturated heterocycles. The van der Waals surface area contributed by atoms with E-state index in [1.165, 1.54) is 28.6 Å². The van der Waals surface area contributed by atoms with Gasteiger partial charge in [0.25, 0.3) is 0 Å². The quantitative estimate of drug-likeness (QED) is 0.912. The second kappa shape index (κ2) is 5.56. The lowest BCUT2D eigenvalue weighted by Gasteiger charge is -2.35. The van der Waals surface area contributed by atoms with Crippen molar-refractivity contribution in [3.63, 3.8) is 0 Å². The lowest BCUT2D eigenvalue weighted by atomic mass is 10.2. The minimum atomic E-state index is -3.34. The van der Waals surface area contributed by atoms with Crippen LogP contribution in [0.25, 0.3) is 0 Å². The summed E-state index contributed by atoms with van der Waals surface area (Å²) in [6.45, 7) is 4.90. The molecule has 2 atom stereocenters. The van der Waals surface area contributed by atoms with Gasteiger partial charge < -0.3 is 5.32 Å². The Balaban J connectivity index is 2.11. The SMILES string of the molecule is C[C@@H]1CN(S(=O)(=O)Cc2ccc(F)cc2)C[C@H](C)N1. The number of hydrogen-bond donors (Lipinski definition) is 1. The maximum Gasteiger partial charge on any atom is 0.218 e. The summed E-state index contributed by atoms with van der Waals surface area (Å²) in [5.41, 5.74) is 0.611. The van der Waals surface area contributed by atoms with E-state index in [0.29, 0.717) is 18.7 Å². The number of nitrogens with zero attached hydrogens (tertiary/aromatic N) is 1. The summed E-state index contributed by atoms with van der Waals surface area (Å²) in [5.74, 6) is -0.433. The van der Waals surface area contributed by atoms with E-state index < -0.39 is 10.0 Å². The van der Waals surface area contributed by atoms with Gasteiger partial charge in [-0.25, -0.2) is 12.8 Å². The van der Waals surface area contributed by atoms with Gasteiger partial charge in [-0.15, -0.1) is 0 Å². The van der Waals surface area contributed by atoms with Gasteiger partial charge in [0.1, 0.15) is 5.82 Å². The molecular formula is C13H19FN2O2S. The fraction of sp³-hybridized carbons (Fsp3) is 0.538. The van der Waals surface area contributed by atoms with Crippen LogP contribution in [-0.4, -0.2) is 37.9 Å². The Bertz CT molecular complexity index is 520. The minimum absolute atomic E-state index is 0.0767. The molecule has 1 fully saturated rings. The van der Waals surface area contributed by atoms with Gasteiger partial charge in [-0.2, -0.15) is 4.31 Å². The number of piperazine rings is 1. The van der Waals surface area contributed by atoms with Gasteiger partial charge in [0.2, 0.25) is 10.0 Å². The third-order valence-corrected chi connectivity index (χ3v) is 4.96. The van der Waals surface area contributed by atoms with Crippen LogP contribution in [0, 0.1) is 5.82 Å². The van der Waals surface area contributed by atoms with Gasteiger partial charge in [-0.05, 0) is 31.5 Å². The van der Waals surface area contributed by atoms with Crippen LogP contribution in [0.2, 0.25) is 0 Å². The van der Waals surface area contributed by atoms with E-state index >= 15 is 0 Å². The normalized spacial score (nSPS) is 25.4. The number of sulfonamides is 1. The van der Waals surface area contributed by atoms with Crippen LogP contribution >= 0.6 is 0 Å². The molecule has 1 aliphatic rings. The number of rotatable bonds is 3. The van der Waals surface area contributed by atoms with Crippen molar-refractivity contribution >= 4 is 10.0 Å². The van der Waals surface area contributed by atoms with Crippen molar-refractivity contribution in [3.05, 3.63) is 35.6 Å². The number of nitrogens with one attached hydrogen (secondary N) is 1. The van der Waals surface area contributed by atoms with Crippen LogP contribution in [0.15, 0.2) is 24.3 Å². The van der Waals surface area contributed by atoms with Gasteiger partial charge >= 0.3 is 0 Å². The monoisotopic (exact) mass is 286 g/mol. The van der Waals surface area contributed by atoms with Gasteiger partial charge in [0.15, 0.2) is 0 Å². The largest absolute Gasteiger partial charge is 0.309 e. The average molecular weight is 286 g/mol. The molecule has 2 rings (SSSR count). The molecule has 6 heteroatoms. The smallest absolute Gasteiger partial charge is 0.218 e. The van der Waals surface area contributed by atoms with Crippen LogP contribution in [-0.2, 0) is 15.8 Å². The van der Waals surface area contributed by atoms with E-state index in [1.807, 2.05) is 13.8 Å². The summed E-state index contributed by atoms with van der Waals surface area (Å²) >= 11 is 0. The van der Waals surface area contributed by atoms with Crippen molar-refractivity contribution in [3.8, 4) is 0 Å². The van der Waals surface area contributed by atoms with Crippen LogP contribution < -0.4 is 5.32 Å². The Morgan fingerprint density at radius 2 is 1.74 bits per heavy atom. The van der Waals surface area contributed by atoms with E-state index in [9.17, 15) is 12.8 Å². The fourth-order valence-corrected chi connectivity index (χ4v) is 4.08. The molecule has 0 radical (unpaired) electrons. The Hall–Kier alpha value is -0.980. The summed E-state index contributed by atoms with van der Waals surface area (Å²) in [4.78, 5) is 0. The third-order valence-electron chi connectivity index (χ3n) is 3.18. The van der Waals surface area contributed by atoms with E-state index in [1.54, 1.807) is 0 Å². The van der Waals surface area contributed by atoms with Crippen LogP contribution in [0.1, 0.15) is 19.4 Å². The van der Waals surface area contributed by atoms with Gasteiger partial charge in [0.05, 0.1) is 5.75 Å². The van der Waals surface area contributed by atoms with Crippen molar-refractivity contribution in [1.29, 1.82) is 0 Å². The van der Waals surface area contributed by atoms with Crippen molar-refractivity contribution in [2.75, 3.05) is 13.1 Å². The van der Waals surface area contributed by atoms with Gasteiger partial charge in [0, 0.05) is 25.2 Å². The van der Waals surface area contributed by atoms with Gasteiger partial charge in [-0.1, -0.05) is 12.1 Å². The summed E-state index contributed by atoms with van der Waals surface area (Å²) in [6, 6.07) is 5.89. The number of halogens is 1. The Morgan fingerprint density at radius 3 is 2.26 bits per heavy atom. The van der Waals surface area contributed by atoms with Crippen molar-refractivity contribution < 1.29 is 12.8 Å². The number of benzene rings is 1. The molecule has 1 aromatic rings. The highest BCUT2D eigenvalue weighted by molar-refractivity contribution is 7.88. The molecule has 0 aromatic heterocycles. The highest BCUT2D eigenvalue weighted by atomic mass is 32.2. The Labute approximate surface area is 113 Å². The molecule has 0 bridgehead atoms. The first-order valence-electron chi connectivity index (χ1n) is 6.35. The molecule has 1 heterocycles. The first-order valence-corrected chi connectivity index (χ1v) is 7.96. The lowest BCUT2D eigenvalue weighted by molar-refractivity contribution is 0.262. The highest BCUT2D eigenvalue weighted by Gasteiger charge is 2.29. The zero-order valence-corrected chi connectivity index (χ0v) is 12.0. The van der Waals surface area contributed by atoms with Crippen LogP contribution in [0.5, 0.6) is 0 Å². The van der Waals surface area contributed by atoms with Crippen molar-refractivity contribution in [2.45, 2.75) is 31.7 Å². The predicted molar refractivity (Wildman–Crippen MR) is 72.7 cm³/mol. The predicted octanol–water partition coefficient (Wildman–Crippen LogP) is 1.34. The zero-order chi connectivity index (χ0) is 14.0. The average Bonchev–Trinajstić information content (AvgIpc) is 2.31. The molecule has 1 aromatic carbocycles. The zero-order valence-electron chi connectivity index (χ0n) is 11.1. The first kappa shape index (κ1) is 14.4. The maximum absolute atomic E-state index is 12.8. The Morgan fingerprint density at radius 1 is 1.21 bits per heavy atom. The molecule has 1 aliphatic heterocycles. The standard InChI is InChI=1S/C13H19FN2O2S/c1-10-7-16(8-11(2)15-10)19(17,18)9-12-3-5-13(14)6-4-12/h3-6,10-11,15H,7-9H2,1-2H3/t10-,11+. The first-order chi connectivity index (χ1) is 8.87. The summed E-state index contributed by atoms with van der Waals surface area (Å²) in [5, 5.41) is 3.30. The second-order valence-corrected chi connectivity index (χ2v) is 7.14. The maximum atomic E-state index is 12.8. The van der Waals surface area contributed by atoms with Crippen LogP contribution in [0.3, 0.4) is 0 Å². The lowest BCUT2D eigenvalue weighted by Crippen LogP contribution is -2.55.